The monoisotopic (exact) mass is 375 g/mol. The minimum atomic E-state index is -4.81. The predicted octanol–water partition coefficient (Wildman–Crippen LogP) is 2.11. The first-order valence-corrected chi connectivity index (χ1v) is 8.22. The standard InChI is InChI=1S/C17H21F4N3O2/c1-10(2)14(22)16(26)24-7-5-23(6-8-24)15(25)11-3-4-12(13(18)9-11)17(19,20)21/h3-4,9-10,14H,5-8,22H2,1-2H3/t14-/m0/s1. The van der Waals surface area contributed by atoms with Crippen LogP contribution in [0.5, 0.6) is 0 Å². The van der Waals surface area contributed by atoms with Crippen LogP contribution in [-0.4, -0.2) is 53.8 Å². The van der Waals surface area contributed by atoms with Crippen molar-refractivity contribution >= 4 is 11.8 Å². The second-order valence-electron chi connectivity index (χ2n) is 6.58. The fourth-order valence-electron chi connectivity index (χ4n) is 2.69. The number of piperazine rings is 1. The number of hydrogen-bond acceptors (Lipinski definition) is 3. The highest BCUT2D eigenvalue weighted by atomic mass is 19.4. The second-order valence-corrected chi connectivity index (χ2v) is 6.58. The number of hydrogen-bond donors (Lipinski definition) is 1. The van der Waals surface area contributed by atoms with Gasteiger partial charge >= 0.3 is 6.18 Å². The molecule has 1 atom stereocenters. The summed E-state index contributed by atoms with van der Waals surface area (Å²) in [6.07, 6.45) is -4.81. The molecule has 0 unspecified atom stereocenters. The van der Waals surface area contributed by atoms with Gasteiger partial charge in [0, 0.05) is 31.7 Å². The summed E-state index contributed by atoms with van der Waals surface area (Å²) in [5, 5.41) is 0. The van der Waals surface area contributed by atoms with Crippen LogP contribution in [0.1, 0.15) is 29.8 Å². The van der Waals surface area contributed by atoms with Crippen molar-refractivity contribution in [1.82, 2.24) is 9.80 Å². The van der Waals surface area contributed by atoms with E-state index >= 15 is 0 Å². The van der Waals surface area contributed by atoms with Gasteiger partial charge in [-0.25, -0.2) is 4.39 Å². The summed E-state index contributed by atoms with van der Waals surface area (Å²) >= 11 is 0. The molecule has 0 saturated carbocycles. The Balaban J connectivity index is 2.03. The molecule has 2 amide bonds. The molecule has 2 rings (SSSR count). The molecule has 1 aromatic rings. The molecule has 1 fully saturated rings. The van der Waals surface area contributed by atoms with Crippen molar-refractivity contribution in [1.29, 1.82) is 0 Å². The highest BCUT2D eigenvalue weighted by Gasteiger charge is 2.35. The quantitative estimate of drug-likeness (QED) is 0.823. The number of alkyl halides is 3. The van der Waals surface area contributed by atoms with Crippen molar-refractivity contribution in [3.05, 3.63) is 35.1 Å². The SMILES string of the molecule is CC(C)[C@H](N)C(=O)N1CCN(C(=O)c2ccc(C(F)(F)F)c(F)c2)CC1. The molecule has 144 valence electrons. The minimum Gasteiger partial charge on any atom is -0.338 e. The normalized spacial score (nSPS) is 16.8. The van der Waals surface area contributed by atoms with E-state index in [1.54, 1.807) is 4.90 Å². The maximum absolute atomic E-state index is 13.6. The zero-order valence-electron chi connectivity index (χ0n) is 14.5. The van der Waals surface area contributed by atoms with Crippen LogP contribution in [0.2, 0.25) is 0 Å². The largest absolute Gasteiger partial charge is 0.419 e. The zero-order valence-corrected chi connectivity index (χ0v) is 14.5. The lowest BCUT2D eigenvalue weighted by atomic mass is 10.0. The molecule has 1 aliphatic rings. The lowest BCUT2D eigenvalue weighted by Gasteiger charge is -2.36. The van der Waals surface area contributed by atoms with E-state index < -0.39 is 29.5 Å². The summed E-state index contributed by atoms with van der Waals surface area (Å²) in [4.78, 5) is 27.5. The first-order valence-electron chi connectivity index (χ1n) is 8.22. The maximum atomic E-state index is 13.6. The highest BCUT2D eigenvalue weighted by molar-refractivity contribution is 5.94. The van der Waals surface area contributed by atoms with Crippen LogP contribution >= 0.6 is 0 Å². The van der Waals surface area contributed by atoms with Crippen LogP contribution in [0.25, 0.3) is 0 Å². The van der Waals surface area contributed by atoms with Crippen molar-refractivity contribution in [2.75, 3.05) is 26.2 Å². The van der Waals surface area contributed by atoms with E-state index in [4.69, 9.17) is 5.73 Å². The Labute approximate surface area is 148 Å². The summed E-state index contributed by atoms with van der Waals surface area (Å²) < 4.78 is 51.4. The Morgan fingerprint density at radius 1 is 1.08 bits per heavy atom. The van der Waals surface area contributed by atoms with Gasteiger partial charge in [-0.2, -0.15) is 13.2 Å². The van der Waals surface area contributed by atoms with E-state index in [-0.39, 0.29) is 43.6 Å². The lowest BCUT2D eigenvalue weighted by Crippen LogP contribution is -2.55. The van der Waals surface area contributed by atoms with Gasteiger partial charge in [-0.3, -0.25) is 9.59 Å². The van der Waals surface area contributed by atoms with Gasteiger partial charge in [0.15, 0.2) is 0 Å². The van der Waals surface area contributed by atoms with Gasteiger partial charge in [-0.1, -0.05) is 13.8 Å². The van der Waals surface area contributed by atoms with E-state index in [9.17, 15) is 27.2 Å². The van der Waals surface area contributed by atoms with E-state index in [1.807, 2.05) is 13.8 Å². The number of halogens is 4. The summed E-state index contributed by atoms with van der Waals surface area (Å²) in [7, 11) is 0. The topological polar surface area (TPSA) is 66.6 Å². The molecular formula is C17H21F4N3O2. The first-order chi connectivity index (χ1) is 12.0. The maximum Gasteiger partial charge on any atom is 0.419 e. The molecule has 0 aromatic heterocycles. The molecule has 1 saturated heterocycles. The van der Waals surface area contributed by atoms with Gasteiger partial charge in [0.2, 0.25) is 5.91 Å². The smallest absolute Gasteiger partial charge is 0.338 e. The average molecular weight is 375 g/mol. The summed E-state index contributed by atoms with van der Waals surface area (Å²) in [5.74, 6) is -2.28. The number of amides is 2. The van der Waals surface area contributed by atoms with Crippen molar-refractivity contribution in [3.63, 3.8) is 0 Å². The molecule has 1 aromatic carbocycles. The predicted molar refractivity (Wildman–Crippen MR) is 86.7 cm³/mol. The van der Waals surface area contributed by atoms with Crippen LogP contribution in [0, 0.1) is 11.7 Å². The van der Waals surface area contributed by atoms with Crippen molar-refractivity contribution in [3.8, 4) is 0 Å². The van der Waals surface area contributed by atoms with Gasteiger partial charge in [-0.15, -0.1) is 0 Å². The third-order valence-electron chi connectivity index (χ3n) is 4.40. The van der Waals surface area contributed by atoms with Crippen LogP contribution in [-0.2, 0) is 11.0 Å². The number of carbonyl (C=O) groups is 2. The Kier molecular flexibility index (Phi) is 5.90. The number of nitrogens with two attached hydrogens (primary N) is 1. The average Bonchev–Trinajstić information content (AvgIpc) is 2.58. The van der Waals surface area contributed by atoms with Crippen LogP contribution in [0.4, 0.5) is 17.6 Å². The lowest BCUT2D eigenvalue weighted by molar-refractivity contribution is -0.140. The highest BCUT2D eigenvalue weighted by Crippen LogP contribution is 2.31. The van der Waals surface area contributed by atoms with E-state index in [2.05, 4.69) is 0 Å². The van der Waals surface area contributed by atoms with E-state index in [0.29, 0.717) is 12.1 Å². The van der Waals surface area contributed by atoms with Crippen LogP contribution < -0.4 is 5.73 Å². The molecule has 0 bridgehead atoms. The fraction of sp³-hybridized carbons (Fsp3) is 0.529. The Morgan fingerprint density at radius 3 is 2.08 bits per heavy atom. The van der Waals surface area contributed by atoms with Crippen molar-refractivity contribution < 1.29 is 27.2 Å². The molecule has 9 heteroatoms. The molecule has 26 heavy (non-hydrogen) atoms. The molecule has 2 N–H and O–H groups in total. The Morgan fingerprint density at radius 2 is 1.62 bits per heavy atom. The molecule has 0 spiro atoms. The number of rotatable bonds is 3. The van der Waals surface area contributed by atoms with E-state index in [1.165, 1.54) is 4.90 Å². The minimum absolute atomic E-state index is 0.0164. The fourth-order valence-corrected chi connectivity index (χ4v) is 2.69. The molecular weight excluding hydrogens is 354 g/mol. The number of benzene rings is 1. The van der Waals surface area contributed by atoms with Gasteiger partial charge in [0.05, 0.1) is 11.6 Å². The van der Waals surface area contributed by atoms with E-state index in [0.717, 1.165) is 6.07 Å². The summed E-state index contributed by atoms with van der Waals surface area (Å²) in [6.45, 7) is 4.63. The van der Waals surface area contributed by atoms with Gasteiger partial charge < -0.3 is 15.5 Å². The number of carbonyl (C=O) groups excluding carboxylic acids is 2. The molecule has 1 heterocycles. The third kappa shape index (κ3) is 4.32. The second kappa shape index (κ2) is 7.61. The van der Waals surface area contributed by atoms with Gasteiger partial charge in [-0.05, 0) is 24.1 Å². The molecule has 1 aliphatic heterocycles. The summed E-state index contributed by atoms with van der Waals surface area (Å²) in [6, 6.07) is 1.49. The number of nitrogens with zero attached hydrogens (tertiary/aromatic N) is 2. The van der Waals surface area contributed by atoms with Crippen molar-refractivity contribution in [2.45, 2.75) is 26.1 Å². The molecule has 0 radical (unpaired) electrons. The third-order valence-corrected chi connectivity index (χ3v) is 4.40. The van der Waals surface area contributed by atoms with Crippen molar-refractivity contribution in [2.24, 2.45) is 11.7 Å². The Bertz CT molecular complexity index is 683. The van der Waals surface area contributed by atoms with Crippen LogP contribution in [0.3, 0.4) is 0 Å². The van der Waals surface area contributed by atoms with Gasteiger partial charge in [0.25, 0.3) is 5.91 Å². The van der Waals surface area contributed by atoms with Crippen LogP contribution in [0.15, 0.2) is 18.2 Å². The molecule has 0 aliphatic carbocycles. The summed E-state index contributed by atoms with van der Waals surface area (Å²) in [5.41, 5.74) is 4.27. The Hall–Kier alpha value is -2.16. The van der Waals surface area contributed by atoms with Gasteiger partial charge in [0.1, 0.15) is 5.82 Å². The molecule has 5 nitrogen and oxygen atoms in total. The zero-order chi connectivity index (χ0) is 19.6. The first kappa shape index (κ1) is 20.2.